The van der Waals surface area contributed by atoms with Crippen molar-refractivity contribution in [3.05, 3.63) is 17.1 Å². The Bertz CT molecular complexity index is 507. The smallest absolute Gasteiger partial charge is 0.0845 e. The van der Waals surface area contributed by atoms with Crippen molar-refractivity contribution in [1.29, 1.82) is 0 Å². The molecule has 0 amide bonds. The SMILES string of the molecule is C=C1CC[C@H]2[C@H](CN=O)[C@@H]([C@@]3(C)CC[C@H](O)C[C@@H]3CO)CC[C@]12C. The fraction of sp³-hybridized carbons (Fsp3) is 0.900. The minimum Gasteiger partial charge on any atom is -0.396 e. The van der Waals surface area contributed by atoms with Crippen molar-refractivity contribution in [2.45, 2.75) is 64.9 Å². The van der Waals surface area contributed by atoms with Gasteiger partial charge >= 0.3 is 0 Å². The van der Waals surface area contributed by atoms with Crippen LogP contribution in [0.3, 0.4) is 0 Å². The minimum absolute atomic E-state index is 0.00537. The summed E-state index contributed by atoms with van der Waals surface area (Å²) in [6, 6.07) is 0. The molecule has 24 heavy (non-hydrogen) atoms. The van der Waals surface area contributed by atoms with Gasteiger partial charge in [0.25, 0.3) is 0 Å². The van der Waals surface area contributed by atoms with E-state index in [1.54, 1.807) is 0 Å². The van der Waals surface area contributed by atoms with Crippen LogP contribution in [0.25, 0.3) is 0 Å². The number of nitroso groups, excluding NO2 is 1. The molecule has 3 aliphatic rings. The number of hydrogen-bond donors (Lipinski definition) is 2. The Morgan fingerprint density at radius 2 is 1.96 bits per heavy atom. The van der Waals surface area contributed by atoms with E-state index in [1.807, 2.05) is 0 Å². The molecule has 4 nitrogen and oxygen atoms in total. The summed E-state index contributed by atoms with van der Waals surface area (Å²) in [6.45, 7) is 9.44. The molecule has 4 heteroatoms. The summed E-state index contributed by atoms with van der Waals surface area (Å²) in [5.41, 5.74) is 1.50. The maximum absolute atomic E-state index is 11.2. The molecule has 0 bridgehead atoms. The van der Waals surface area contributed by atoms with Crippen molar-refractivity contribution in [3.63, 3.8) is 0 Å². The molecular formula is C20H33NO3. The third kappa shape index (κ3) is 2.66. The molecule has 3 saturated carbocycles. The van der Waals surface area contributed by atoms with Crippen LogP contribution < -0.4 is 0 Å². The van der Waals surface area contributed by atoms with E-state index in [0.717, 1.165) is 38.5 Å². The van der Waals surface area contributed by atoms with Gasteiger partial charge in [-0.1, -0.05) is 31.2 Å². The first-order valence-corrected chi connectivity index (χ1v) is 9.63. The van der Waals surface area contributed by atoms with Gasteiger partial charge in [-0.25, -0.2) is 0 Å². The normalized spacial score (nSPS) is 49.0. The highest BCUT2D eigenvalue weighted by Crippen LogP contribution is 2.63. The highest BCUT2D eigenvalue weighted by Gasteiger charge is 2.56. The van der Waals surface area contributed by atoms with Crippen LogP contribution >= 0.6 is 0 Å². The van der Waals surface area contributed by atoms with E-state index in [9.17, 15) is 15.1 Å². The number of hydrogen-bond acceptors (Lipinski definition) is 4. The number of aliphatic hydroxyl groups is 2. The van der Waals surface area contributed by atoms with Gasteiger partial charge < -0.3 is 10.2 Å². The van der Waals surface area contributed by atoms with Crippen LogP contribution in [0, 0.1) is 39.4 Å². The Balaban J connectivity index is 1.91. The highest BCUT2D eigenvalue weighted by atomic mass is 16.3. The van der Waals surface area contributed by atoms with Crippen LogP contribution in [0.15, 0.2) is 17.3 Å². The number of fused-ring (bicyclic) bond motifs is 1. The number of nitrogens with zero attached hydrogens (tertiary/aromatic N) is 1. The average Bonchev–Trinajstić information content (AvgIpc) is 2.86. The van der Waals surface area contributed by atoms with Crippen molar-refractivity contribution in [2.75, 3.05) is 13.2 Å². The van der Waals surface area contributed by atoms with E-state index in [4.69, 9.17) is 0 Å². The molecule has 0 aliphatic heterocycles. The molecule has 0 unspecified atom stereocenters. The molecule has 0 saturated heterocycles. The van der Waals surface area contributed by atoms with E-state index >= 15 is 0 Å². The summed E-state index contributed by atoms with van der Waals surface area (Å²) >= 11 is 0. The van der Waals surface area contributed by atoms with Crippen LogP contribution in [0.5, 0.6) is 0 Å². The Labute approximate surface area is 145 Å². The summed E-state index contributed by atoms with van der Waals surface area (Å²) in [6.07, 6.45) is 6.53. The van der Waals surface area contributed by atoms with Gasteiger partial charge in [0, 0.05) is 6.61 Å². The first-order chi connectivity index (χ1) is 11.4. The van der Waals surface area contributed by atoms with Gasteiger partial charge in [-0.15, -0.1) is 0 Å². The van der Waals surface area contributed by atoms with E-state index in [0.29, 0.717) is 24.8 Å². The van der Waals surface area contributed by atoms with Gasteiger partial charge in [0.05, 0.1) is 12.6 Å². The first kappa shape index (κ1) is 18.1. The lowest BCUT2D eigenvalue weighted by Crippen LogP contribution is -2.51. The maximum Gasteiger partial charge on any atom is 0.0845 e. The molecule has 0 aromatic heterocycles. The summed E-state index contributed by atoms with van der Waals surface area (Å²) in [5, 5.41) is 23.3. The second-order valence-electron chi connectivity index (χ2n) is 9.10. The molecule has 0 aromatic carbocycles. The molecule has 0 aromatic rings. The van der Waals surface area contributed by atoms with Gasteiger partial charge in [-0.2, -0.15) is 4.91 Å². The summed E-state index contributed by atoms with van der Waals surface area (Å²) in [5.74, 6) is 1.30. The molecule has 3 rings (SSSR count). The average molecular weight is 335 g/mol. The summed E-state index contributed by atoms with van der Waals surface area (Å²) in [7, 11) is 0. The molecule has 0 radical (unpaired) electrons. The lowest BCUT2D eigenvalue weighted by molar-refractivity contribution is -0.0916. The second kappa shape index (κ2) is 6.53. The molecular weight excluding hydrogens is 302 g/mol. The molecule has 2 N–H and O–H groups in total. The fourth-order valence-electron chi connectivity index (χ4n) is 6.52. The summed E-state index contributed by atoms with van der Waals surface area (Å²) in [4.78, 5) is 11.2. The summed E-state index contributed by atoms with van der Waals surface area (Å²) < 4.78 is 0. The Hall–Kier alpha value is -0.740. The van der Waals surface area contributed by atoms with Gasteiger partial charge in [0.2, 0.25) is 0 Å². The highest BCUT2D eigenvalue weighted by molar-refractivity contribution is 5.21. The molecule has 136 valence electrons. The van der Waals surface area contributed by atoms with Crippen molar-refractivity contribution >= 4 is 0 Å². The number of allylic oxidation sites excluding steroid dienone is 1. The number of aliphatic hydroxyl groups excluding tert-OH is 2. The molecule has 7 atom stereocenters. The first-order valence-electron chi connectivity index (χ1n) is 9.63. The van der Waals surface area contributed by atoms with Crippen LogP contribution in [0.2, 0.25) is 0 Å². The molecule has 0 spiro atoms. The molecule has 3 fully saturated rings. The predicted octanol–water partition coefficient (Wildman–Crippen LogP) is 3.91. The Morgan fingerprint density at radius 1 is 1.21 bits per heavy atom. The lowest BCUT2D eigenvalue weighted by atomic mass is 9.49. The topological polar surface area (TPSA) is 69.9 Å². The number of rotatable bonds is 4. The zero-order valence-corrected chi connectivity index (χ0v) is 15.2. The van der Waals surface area contributed by atoms with Crippen LogP contribution in [-0.4, -0.2) is 29.5 Å². The standard InChI is InChI=1S/C20H33NO3/c1-13-4-5-17-16(11-21-24)18(7-9-19(13,17)2)20(3)8-6-15(23)10-14(20)12-22/h14-18,22-23H,1,4-12H2,2-3H3/t14-,15+,16+,17+,18+,19-,20+/m1/s1. The van der Waals surface area contributed by atoms with Crippen LogP contribution in [-0.2, 0) is 0 Å². The Kier molecular flexibility index (Phi) is 4.91. The van der Waals surface area contributed by atoms with E-state index in [2.05, 4.69) is 25.6 Å². The minimum atomic E-state index is -0.294. The third-order valence-corrected chi connectivity index (χ3v) is 8.25. The second-order valence-corrected chi connectivity index (χ2v) is 9.10. The van der Waals surface area contributed by atoms with Gasteiger partial charge in [0.15, 0.2) is 0 Å². The van der Waals surface area contributed by atoms with E-state index < -0.39 is 0 Å². The zero-order chi connectivity index (χ0) is 17.5. The van der Waals surface area contributed by atoms with Crippen molar-refractivity contribution < 1.29 is 10.2 Å². The van der Waals surface area contributed by atoms with E-state index in [-0.39, 0.29) is 35.4 Å². The predicted molar refractivity (Wildman–Crippen MR) is 95.4 cm³/mol. The lowest BCUT2D eigenvalue weighted by Gasteiger charge is -2.56. The fourth-order valence-corrected chi connectivity index (χ4v) is 6.52. The maximum atomic E-state index is 11.2. The quantitative estimate of drug-likeness (QED) is 0.604. The van der Waals surface area contributed by atoms with Gasteiger partial charge in [-0.3, -0.25) is 0 Å². The molecule has 3 aliphatic carbocycles. The van der Waals surface area contributed by atoms with Crippen molar-refractivity contribution in [3.8, 4) is 0 Å². The van der Waals surface area contributed by atoms with Crippen LogP contribution in [0.1, 0.15) is 58.8 Å². The van der Waals surface area contributed by atoms with Crippen molar-refractivity contribution in [2.24, 2.45) is 39.7 Å². The monoisotopic (exact) mass is 335 g/mol. The van der Waals surface area contributed by atoms with E-state index in [1.165, 1.54) is 5.57 Å². The van der Waals surface area contributed by atoms with Gasteiger partial charge in [0.1, 0.15) is 0 Å². The molecule has 0 heterocycles. The van der Waals surface area contributed by atoms with Crippen LogP contribution in [0.4, 0.5) is 0 Å². The largest absolute Gasteiger partial charge is 0.396 e. The zero-order valence-electron chi connectivity index (χ0n) is 15.2. The Morgan fingerprint density at radius 3 is 2.62 bits per heavy atom. The van der Waals surface area contributed by atoms with Gasteiger partial charge in [-0.05, 0) is 79.4 Å². The third-order valence-electron chi connectivity index (χ3n) is 8.25. The van der Waals surface area contributed by atoms with Crippen molar-refractivity contribution in [1.82, 2.24) is 0 Å².